The van der Waals surface area contributed by atoms with Crippen molar-refractivity contribution < 1.29 is 23.9 Å². The highest BCUT2D eigenvalue weighted by Gasteiger charge is 2.29. The molecule has 2 atom stereocenters. The summed E-state index contributed by atoms with van der Waals surface area (Å²) >= 11 is 0. The first kappa shape index (κ1) is 24.1. The number of piperidine rings is 1. The number of carbonyl (C=O) groups excluding carboxylic acids is 3. The van der Waals surface area contributed by atoms with Gasteiger partial charge in [-0.15, -0.1) is 0 Å². The van der Waals surface area contributed by atoms with Crippen molar-refractivity contribution in [1.82, 2.24) is 10.2 Å². The first-order valence-electron chi connectivity index (χ1n) is 11.9. The van der Waals surface area contributed by atoms with Crippen LogP contribution in [0.2, 0.25) is 0 Å². The molecule has 2 amide bonds. The van der Waals surface area contributed by atoms with Crippen LogP contribution in [0, 0.1) is 5.92 Å². The number of esters is 1. The van der Waals surface area contributed by atoms with E-state index in [2.05, 4.69) is 19.2 Å². The SMILES string of the molecule is CC1CCCC(C)N1C(=O)COc1ccc(C(=O)OCC(=O)NCC2CCCCC2)cc1. The minimum Gasteiger partial charge on any atom is -0.484 e. The predicted octanol–water partition coefficient (Wildman–Crippen LogP) is 3.71. The summed E-state index contributed by atoms with van der Waals surface area (Å²) in [6.07, 6.45) is 9.20. The minimum absolute atomic E-state index is 0.0209. The van der Waals surface area contributed by atoms with Gasteiger partial charge < -0.3 is 19.7 Å². The van der Waals surface area contributed by atoms with E-state index >= 15 is 0 Å². The van der Waals surface area contributed by atoms with E-state index < -0.39 is 5.97 Å². The smallest absolute Gasteiger partial charge is 0.338 e. The highest BCUT2D eigenvalue weighted by molar-refractivity contribution is 5.91. The predicted molar refractivity (Wildman–Crippen MR) is 121 cm³/mol. The van der Waals surface area contributed by atoms with Gasteiger partial charge in [0.15, 0.2) is 13.2 Å². The molecule has 1 saturated carbocycles. The molecule has 1 saturated heterocycles. The van der Waals surface area contributed by atoms with E-state index in [0.717, 1.165) is 32.1 Å². The lowest BCUT2D eigenvalue weighted by Crippen LogP contribution is -2.49. The molecule has 1 heterocycles. The second-order valence-electron chi connectivity index (χ2n) is 9.13. The third kappa shape index (κ3) is 6.97. The lowest BCUT2D eigenvalue weighted by molar-refractivity contribution is -0.139. The van der Waals surface area contributed by atoms with Gasteiger partial charge in [-0.25, -0.2) is 4.79 Å². The van der Waals surface area contributed by atoms with Crippen LogP contribution in [0.25, 0.3) is 0 Å². The van der Waals surface area contributed by atoms with Crippen molar-refractivity contribution in [3.05, 3.63) is 29.8 Å². The Bertz CT molecular complexity index is 763. The summed E-state index contributed by atoms with van der Waals surface area (Å²) in [5, 5.41) is 2.86. The Morgan fingerprint density at radius 3 is 2.22 bits per heavy atom. The number of amides is 2. The molecule has 176 valence electrons. The maximum Gasteiger partial charge on any atom is 0.338 e. The van der Waals surface area contributed by atoms with Crippen molar-refractivity contribution in [3.8, 4) is 5.75 Å². The van der Waals surface area contributed by atoms with Crippen LogP contribution in [0.3, 0.4) is 0 Å². The quantitative estimate of drug-likeness (QED) is 0.618. The Kier molecular flexibility index (Phi) is 8.94. The molecule has 0 radical (unpaired) electrons. The van der Waals surface area contributed by atoms with E-state index in [1.54, 1.807) is 24.3 Å². The molecule has 1 aliphatic heterocycles. The standard InChI is InChI=1S/C25H36N2O5/c1-18-7-6-8-19(2)27(18)24(29)17-31-22-13-11-21(12-14-22)25(30)32-16-23(28)26-15-20-9-4-3-5-10-20/h11-14,18-20H,3-10,15-17H2,1-2H3,(H,26,28). The Balaban J connectivity index is 1.39. The Labute approximate surface area is 190 Å². The fraction of sp³-hybridized carbons (Fsp3) is 0.640. The molecule has 7 nitrogen and oxygen atoms in total. The van der Waals surface area contributed by atoms with Crippen LogP contribution in [0.15, 0.2) is 24.3 Å². The number of nitrogens with zero attached hydrogens (tertiary/aromatic N) is 1. The van der Waals surface area contributed by atoms with Crippen LogP contribution < -0.4 is 10.1 Å². The topological polar surface area (TPSA) is 84.9 Å². The summed E-state index contributed by atoms with van der Waals surface area (Å²) in [7, 11) is 0. The van der Waals surface area contributed by atoms with Crippen LogP contribution in [0.5, 0.6) is 5.75 Å². The number of hydrogen-bond acceptors (Lipinski definition) is 5. The lowest BCUT2D eigenvalue weighted by Gasteiger charge is -2.38. The van der Waals surface area contributed by atoms with Crippen molar-refractivity contribution in [2.45, 2.75) is 77.3 Å². The van der Waals surface area contributed by atoms with E-state index in [1.807, 2.05) is 4.90 Å². The molecule has 1 aromatic rings. The Morgan fingerprint density at radius 2 is 1.56 bits per heavy atom. The zero-order valence-corrected chi connectivity index (χ0v) is 19.3. The van der Waals surface area contributed by atoms with E-state index in [-0.39, 0.29) is 37.1 Å². The second-order valence-corrected chi connectivity index (χ2v) is 9.13. The first-order valence-corrected chi connectivity index (χ1v) is 11.9. The molecule has 2 aliphatic rings. The van der Waals surface area contributed by atoms with Crippen LogP contribution in [-0.2, 0) is 14.3 Å². The second kappa shape index (κ2) is 11.9. The number of rotatable bonds is 8. The lowest BCUT2D eigenvalue weighted by atomic mass is 9.89. The van der Waals surface area contributed by atoms with Gasteiger partial charge in [-0.1, -0.05) is 19.3 Å². The van der Waals surface area contributed by atoms with Crippen LogP contribution in [-0.4, -0.2) is 54.5 Å². The number of ether oxygens (including phenoxy) is 2. The molecule has 1 N–H and O–H groups in total. The number of nitrogens with one attached hydrogen (secondary N) is 1. The largest absolute Gasteiger partial charge is 0.484 e. The third-order valence-electron chi connectivity index (χ3n) is 6.58. The average Bonchev–Trinajstić information content (AvgIpc) is 2.80. The van der Waals surface area contributed by atoms with Crippen molar-refractivity contribution in [3.63, 3.8) is 0 Å². The monoisotopic (exact) mass is 444 g/mol. The van der Waals surface area contributed by atoms with Gasteiger partial charge in [-0.3, -0.25) is 9.59 Å². The van der Waals surface area contributed by atoms with Gasteiger partial charge >= 0.3 is 5.97 Å². The maximum absolute atomic E-state index is 12.6. The van der Waals surface area contributed by atoms with Gasteiger partial charge in [0.25, 0.3) is 11.8 Å². The molecule has 0 aromatic heterocycles. The molecular weight excluding hydrogens is 408 g/mol. The molecule has 1 aliphatic carbocycles. The summed E-state index contributed by atoms with van der Waals surface area (Å²) in [6.45, 7) is 4.48. The molecular formula is C25H36N2O5. The van der Waals surface area contributed by atoms with Gasteiger partial charge in [-0.2, -0.15) is 0 Å². The summed E-state index contributed by atoms with van der Waals surface area (Å²) in [6, 6.07) is 6.88. The van der Waals surface area contributed by atoms with Crippen LogP contribution in [0.1, 0.15) is 75.6 Å². The average molecular weight is 445 g/mol. The minimum atomic E-state index is -0.559. The van der Waals surface area contributed by atoms with Gasteiger partial charge in [0.1, 0.15) is 5.75 Å². The highest BCUT2D eigenvalue weighted by atomic mass is 16.5. The molecule has 0 bridgehead atoms. The van der Waals surface area contributed by atoms with Crippen molar-refractivity contribution in [2.24, 2.45) is 5.92 Å². The van der Waals surface area contributed by atoms with E-state index in [9.17, 15) is 14.4 Å². The number of carbonyl (C=O) groups is 3. The molecule has 3 rings (SSSR count). The zero-order chi connectivity index (χ0) is 22.9. The summed E-state index contributed by atoms with van der Waals surface area (Å²) in [5.74, 6) is 0.189. The number of benzene rings is 1. The van der Waals surface area contributed by atoms with Crippen LogP contribution >= 0.6 is 0 Å². The highest BCUT2D eigenvalue weighted by Crippen LogP contribution is 2.23. The molecule has 32 heavy (non-hydrogen) atoms. The number of likely N-dealkylation sites (tertiary alicyclic amines) is 1. The van der Waals surface area contributed by atoms with Gasteiger partial charge in [0, 0.05) is 18.6 Å². The summed E-state index contributed by atoms with van der Waals surface area (Å²) in [4.78, 5) is 38.6. The fourth-order valence-electron chi connectivity index (χ4n) is 4.73. The summed E-state index contributed by atoms with van der Waals surface area (Å²) < 4.78 is 10.8. The summed E-state index contributed by atoms with van der Waals surface area (Å²) in [5.41, 5.74) is 0.335. The Hall–Kier alpha value is -2.57. The van der Waals surface area contributed by atoms with Gasteiger partial charge in [0.2, 0.25) is 0 Å². The Morgan fingerprint density at radius 1 is 0.906 bits per heavy atom. The van der Waals surface area contributed by atoms with E-state index in [0.29, 0.717) is 23.8 Å². The molecule has 1 aromatic carbocycles. The van der Waals surface area contributed by atoms with Gasteiger partial charge in [-0.05, 0) is 76.1 Å². The van der Waals surface area contributed by atoms with Crippen molar-refractivity contribution in [1.29, 1.82) is 0 Å². The molecule has 2 fully saturated rings. The molecule has 0 spiro atoms. The third-order valence-corrected chi connectivity index (χ3v) is 6.58. The molecule has 2 unspecified atom stereocenters. The van der Waals surface area contributed by atoms with Crippen molar-refractivity contribution in [2.75, 3.05) is 19.8 Å². The zero-order valence-electron chi connectivity index (χ0n) is 19.3. The van der Waals surface area contributed by atoms with E-state index in [1.165, 1.54) is 19.3 Å². The normalized spacial score (nSPS) is 21.6. The van der Waals surface area contributed by atoms with Crippen LogP contribution in [0.4, 0.5) is 0 Å². The maximum atomic E-state index is 12.6. The van der Waals surface area contributed by atoms with Gasteiger partial charge in [0.05, 0.1) is 5.56 Å². The molecule has 7 heteroatoms. The number of hydrogen-bond donors (Lipinski definition) is 1. The van der Waals surface area contributed by atoms with Crippen molar-refractivity contribution >= 4 is 17.8 Å². The fourth-order valence-corrected chi connectivity index (χ4v) is 4.73. The first-order chi connectivity index (χ1) is 15.4. The van der Waals surface area contributed by atoms with E-state index in [4.69, 9.17) is 9.47 Å².